The summed E-state index contributed by atoms with van der Waals surface area (Å²) in [5.41, 5.74) is 3.42. The first kappa shape index (κ1) is 16.2. The Morgan fingerprint density at radius 2 is 1.89 bits per heavy atom. The van der Waals surface area contributed by atoms with Crippen LogP contribution >= 0.6 is 22.7 Å². The molecule has 0 atom stereocenters. The van der Waals surface area contributed by atoms with Crippen LogP contribution in [0.15, 0.2) is 58.7 Å². The van der Waals surface area contributed by atoms with Crippen LogP contribution in [0, 0.1) is 6.92 Å². The zero-order valence-corrected chi connectivity index (χ0v) is 16.0. The number of nitrogens with two attached hydrogens (primary N) is 1. The molecule has 27 heavy (non-hydrogen) atoms. The molecular weight excluding hydrogens is 376 g/mol. The number of thiophene rings is 2. The molecule has 0 unspecified atom stereocenters. The average Bonchev–Trinajstić information content (AvgIpc) is 3.34. The Morgan fingerprint density at radius 1 is 1.07 bits per heavy atom. The molecule has 0 saturated carbocycles. The van der Waals surface area contributed by atoms with E-state index in [1.54, 1.807) is 18.3 Å². The van der Waals surface area contributed by atoms with Crippen LogP contribution < -0.4 is 11.4 Å². The monoisotopic (exact) mass is 390 g/mol. The molecule has 0 aliphatic heterocycles. The Morgan fingerprint density at radius 3 is 2.63 bits per heavy atom. The maximum atomic E-state index is 12.7. The zero-order chi connectivity index (χ0) is 18.5. The molecule has 7 heteroatoms. The molecule has 0 saturated heterocycles. The lowest BCUT2D eigenvalue weighted by atomic mass is 10.0. The molecule has 1 aromatic carbocycles. The lowest BCUT2D eigenvalue weighted by Crippen LogP contribution is -2.29. The maximum absolute atomic E-state index is 12.7. The molecule has 0 aliphatic carbocycles. The van der Waals surface area contributed by atoms with Gasteiger partial charge >= 0.3 is 0 Å². The first-order chi connectivity index (χ1) is 13.1. The van der Waals surface area contributed by atoms with Crippen LogP contribution in [0.3, 0.4) is 0 Å². The van der Waals surface area contributed by atoms with Gasteiger partial charge in [-0.2, -0.15) is 0 Å². The van der Waals surface area contributed by atoms with E-state index in [0.29, 0.717) is 16.0 Å². The second kappa shape index (κ2) is 6.00. The van der Waals surface area contributed by atoms with Gasteiger partial charge in [0.2, 0.25) is 0 Å². The van der Waals surface area contributed by atoms with Gasteiger partial charge < -0.3 is 5.84 Å². The number of rotatable bonds is 2. The van der Waals surface area contributed by atoms with E-state index < -0.39 is 0 Å². The minimum atomic E-state index is -0.239. The fourth-order valence-electron chi connectivity index (χ4n) is 3.20. The SMILES string of the molecule is Cc1nc2c(sc3nc(-c4cccs4)cc(-c4ccccc4)c32)c(=O)n1N. The van der Waals surface area contributed by atoms with E-state index >= 15 is 0 Å². The molecule has 0 bridgehead atoms. The molecule has 0 fully saturated rings. The Labute approximate surface area is 162 Å². The molecule has 5 nitrogen and oxygen atoms in total. The van der Waals surface area contributed by atoms with Crippen molar-refractivity contribution in [2.75, 3.05) is 5.84 Å². The lowest BCUT2D eigenvalue weighted by molar-refractivity contribution is 0.855. The van der Waals surface area contributed by atoms with Crippen LogP contribution in [0.2, 0.25) is 0 Å². The van der Waals surface area contributed by atoms with Gasteiger partial charge in [0.25, 0.3) is 5.56 Å². The first-order valence-electron chi connectivity index (χ1n) is 8.35. The van der Waals surface area contributed by atoms with Crippen molar-refractivity contribution in [1.82, 2.24) is 14.6 Å². The minimum absolute atomic E-state index is 0.239. The average molecular weight is 390 g/mol. The second-order valence-corrected chi connectivity index (χ2v) is 8.14. The highest BCUT2D eigenvalue weighted by molar-refractivity contribution is 7.25. The van der Waals surface area contributed by atoms with E-state index in [9.17, 15) is 4.79 Å². The number of benzene rings is 1. The van der Waals surface area contributed by atoms with Crippen LogP contribution in [0.5, 0.6) is 0 Å². The topological polar surface area (TPSA) is 73.8 Å². The van der Waals surface area contributed by atoms with E-state index in [-0.39, 0.29) is 5.56 Å². The summed E-state index contributed by atoms with van der Waals surface area (Å²) in [5.74, 6) is 6.34. The number of hydrogen-bond donors (Lipinski definition) is 1. The lowest BCUT2D eigenvalue weighted by Gasteiger charge is -2.07. The number of pyridine rings is 1. The Bertz CT molecular complexity index is 1350. The summed E-state index contributed by atoms with van der Waals surface area (Å²) in [7, 11) is 0. The predicted octanol–water partition coefficient (Wildman–Crippen LogP) is 4.42. The summed E-state index contributed by atoms with van der Waals surface area (Å²) in [6.07, 6.45) is 0. The molecule has 132 valence electrons. The Kier molecular flexibility index (Phi) is 3.60. The van der Waals surface area contributed by atoms with Crippen LogP contribution in [-0.2, 0) is 0 Å². The Balaban J connectivity index is 1.97. The predicted molar refractivity (Wildman–Crippen MR) is 113 cm³/mol. The van der Waals surface area contributed by atoms with Gasteiger partial charge in [0, 0.05) is 5.39 Å². The molecule has 0 amide bonds. The van der Waals surface area contributed by atoms with Crippen molar-refractivity contribution in [2.24, 2.45) is 0 Å². The van der Waals surface area contributed by atoms with Gasteiger partial charge in [0.1, 0.15) is 15.4 Å². The molecule has 0 spiro atoms. The van der Waals surface area contributed by atoms with Crippen LogP contribution in [0.1, 0.15) is 5.82 Å². The molecule has 5 rings (SSSR count). The molecule has 5 aromatic rings. The summed E-state index contributed by atoms with van der Waals surface area (Å²) >= 11 is 2.99. The molecule has 4 heterocycles. The summed E-state index contributed by atoms with van der Waals surface area (Å²) in [6.45, 7) is 1.74. The highest BCUT2D eigenvalue weighted by Crippen LogP contribution is 2.39. The minimum Gasteiger partial charge on any atom is -0.335 e. The summed E-state index contributed by atoms with van der Waals surface area (Å²) in [4.78, 5) is 24.0. The number of hydrogen-bond acceptors (Lipinski definition) is 6. The van der Waals surface area contributed by atoms with E-state index in [4.69, 9.17) is 10.8 Å². The summed E-state index contributed by atoms with van der Waals surface area (Å²) in [5, 5.41) is 2.94. The second-order valence-electron chi connectivity index (χ2n) is 6.19. The van der Waals surface area contributed by atoms with Crippen LogP contribution in [-0.4, -0.2) is 14.6 Å². The molecule has 4 aromatic heterocycles. The Hall–Kier alpha value is -3.03. The smallest absolute Gasteiger partial charge is 0.289 e. The fraction of sp³-hybridized carbons (Fsp3) is 0.0500. The largest absolute Gasteiger partial charge is 0.335 e. The van der Waals surface area contributed by atoms with Crippen molar-refractivity contribution in [2.45, 2.75) is 6.92 Å². The van der Waals surface area contributed by atoms with Crippen molar-refractivity contribution < 1.29 is 0 Å². The van der Waals surface area contributed by atoms with E-state index in [0.717, 1.165) is 36.6 Å². The zero-order valence-electron chi connectivity index (χ0n) is 14.3. The van der Waals surface area contributed by atoms with Crippen molar-refractivity contribution in [1.29, 1.82) is 0 Å². The molecule has 0 radical (unpaired) electrons. The van der Waals surface area contributed by atoms with E-state index in [1.165, 1.54) is 11.3 Å². The van der Waals surface area contributed by atoms with Crippen LogP contribution in [0.25, 0.3) is 42.1 Å². The van der Waals surface area contributed by atoms with Crippen molar-refractivity contribution in [3.05, 3.63) is 70.1 Å². The summed E-state index contributed by atoms with van der Waals surface area (Å²) < 4.78 is 1.63. The van der Waals surface area contributed by atoms with Crippen molar-refractivity contribution in [3.63, 3.8) is 0 Å². The third-order valence-corrected chi connectivity index (χ3v) is 6.48. The quantitative estimate of drug-likeness (QED) is 0.453. The molecular formula is C20H14N4OS2. The van der Waals surface area contributed by atoms with E-state index in [2.05, 4.69) is 29.2 Å². The maximum Gasteiger partial charge on any atom is 0.289 e. The van der Waals surface area contributed by atoms with Gasteiger partial charge in [-0.15, -0.1) is 22.7 Å². The number of nitrogens with zero attached hydrogens (tertiary/aromatic N) is 3. The van der Waals surface area contributed by atoms with Gasteiger partial charge in [-0.3, -0.25) is 4.79 Å². The number of aryl methyl sites for hydroxylation is 1. The van der Waals surface area contributed by atoms with Crippen molar-refractivity contribution in [3.8, 4) is 21.7 Å². The normalized spacial score (nSPS) is 11.4. The highest BCUT2D eigenvalue weighted by atomic mass is 32.1. The van der Waals surface area contributed by atoms with Gasteiger partial charge in [-0.1, -0.05) is 36.4 Å². The van der Waals surface area contributed by atoms with Gasteiger partial charge in [0.15, 0.2) is 0 Å². The highest BCUT2D eigenvalue weighted by Gasteiger charge is 2.19. The molecule has 2 N–H and O–H groups in total. The van der Waals surface area contributed by atoms with Gasteiger partial charge in [-0.05, 0) is 35.6 Å². The van der Waals surface area contributed by atoms with E-state index in [1.807, 2.05) is 29.6 Å². The van der Waals surface area contributed by atoms with Crippen molar-refractivity contribution >= 4 is 43.1 Å². The third kappa shape index (κ3) is 2.47. The number of aromatic nitrogens is 3. The van der Waals surface area contributed by atoms with Gasteiger partial charge in [0.05, 0.1) is 16.1 Å². The standard InChI is InChI=1S/C20H14N4OS2/c1-11-22-17-16-13(12-6-3-2-4-7-12)10-14(15-8-5-9-26-15)23-19(16)27-18(17)20(25)24(11)21/h2-10H,21H2,1H3. The summed E-state index contributed by atoms with van der Waals surface area (Å²) in [6, 6.07) is 16.3. The number of nitrogen functional groups attached to an aromatic ring is 1. The van der Waals surface area contributed by atoms with Crippen LogP contribution in [0.4, 0.5) is 0 Å². The fourth-order valence-corrected chi connectivity index (χ4v) is 4.96. The molecule has 0 aliphatic rings. The van der Waals surface area contributed by atoms with Gasteiger partial charge in [-0.25, -0.2) is 14.6 Å². The first-order valence-corrected chi connectivity index (χ1v) is 10.0. The number of fused-ring (bicyclic) bond motifs is 3. The third-order valence-electron chi connectivity index (χ3n) is 4.53.